The monoisotopic (exact) mass is 423 g/mol. The zero-order valence-corrected chi connectivity index (χ0v) is 17.5. The number of nitrogens with zero attached hydrogens (tertiary/aromatic N) is 1. The predicted octanol–water partition coefficient (Wildman–Crippen LogP) is 5.77. The Kier molecular flexibility index (Phi) is 5.35. The Hall–Kier alpha value is -2.76. The third-order valence-electron chi connectivity index (χ3n) is 4.72. The zero-order chi connectivity index (χ0) is 20.5. The summed E-state index contributed by atoms with van der Waals surface area (Å²) in [6.07, 6.45) is 1.59. The van der Waals surface area contributed by atoms with Crippen LogP contribution in [0.1, 0.15) is 22.5 Å². The number of halogens is 1. The highest BCUT2D eigenvalue weighted by Crippen LogP contribution is 2.42. The van der Waals surface area contributed by atoms with Gasteiger partial charge in [-0.25, -0.2) is 4.90 Å². The smallest absolute Gasteiger partial charge is 0.272 e. The van der Waals surface area contributed by atoms with Crippen LogP contribution in [-0.4, -0.2) is 11.8 Å². The van der Waals surface area contributed by atoms with E-state index in [1.54, 1.807) is 36.6 Å². The van der Waals surface area contributed by atoms with E-state index in [2.05, 4.69) is 0 Å². The molecule has 4 nitrogen and oxygen atoms in total. The Balaban J connectivity index is 1.81. The Morgan fingerprint density at radius 1 is 1.00 bits per heavy atom. The number of anilines is 1. The van der Waals surface area contributed by atoms with Gasteiger partial charge in [0.1, 0.15) is 5.76 Å². The fourth-order valence-corrected chi connectivity index (χ4v) is 4.59. The molecule has 0 saturated heterocycles. The second-order valence-corrected chi connectivity index (χ2v) is 8.18. The van der Waals surface area contributed by atoms with Crippen LogP contribution in [0.25, 0.3) is 5.57 Å². The van der Waals surface area contributed by atoms with Gasteiger partial charge in [-0.1, -0.05) is 47.5 Å². The van der Waals surface area contributed by atoms with E-state index in [9.17, 15) is 9.59 Å². The lowest BCUT2D eigenvalue weighted by atomic mass is 9.99. The van der Waals surface area contributed by atoms with E-state index in [-0.39, 0.29) is 11.8 Å². The molecule has 6 heteroatoms. The Bertz CT molecular complexity index is 1130. The normalized spacial score (nSPS) is 14.2. The molecule has 0 radical (unpaired) electrons. The summed E-state index contributed by atoms with van der Waals surface area (Å²) in [6.45, 7) is 3.94. The summed E-state index contributed by atoms with van der Waals surface area (Å²) in [5.41, 5.74) is 3.59. The predicted molar refractivity (Wildman–Crippen MR) is 117 cm³/mol. The summed E-state index contributed by atoms with van der Waals surface area (Å²) in [5, 5.41) is 0.353. The summed E-state index contributed by atoms with van der Waals surface area (Å²) in [4.78, 5) is 28.3. The lowest BCUT2D eigenvalue weighted by Crippen LogP contribution is -2.31. The van der Waals surface area contributed by atoms with Crippen molar-refractivity contribution in [3.63, 3.8) is 0 Å². The maximum atomic E-state index is 13.4. The first kappa shape index (κ1) is 19.6. The number of hydrogen-bond donors (Lipinski definition) is 0. The maximum absolute atomic E-state index is 13.4. The number of carbonyl (C=O) groups excluding carboxylic acids is 2. The van der Waals surface area contributed by atoms with Gasteiger partial charge in [-0.05, 0) is 49.2 Å². The van der Waals surface area contributed by atoms with Crippen LogP contribution in [0, 0.1) is 13.8 Å². The number of aryl methyl sites for hydroxylation is 2. The average molecular weight is 424 g/mol. The Morgan fingerprint density at radius 3 is 2.48 bits per heavy atom. The highest BCUT2D eigenvalue weighted by Gasteiger charge is 2.41. The van der Waals surface area contributed by atoms with Gasteiger partial charge in [0, 0.05) is 0 Å². The van der Waals surface area contributed by atoms with Gasteiger partial charge in [0.15, 0.2) is 0 Å². The van der Waals surface area contributed by atoms with Crippen LogP contribution in [0.5, 0.6) is 0 Å². The minimum absolute atomic E-state index is 0.353. The van der Waals surface area contributed by atoms with Crippen molar-refractivity contribution in [2.45, 2.75) is 19.6 Å². The fraction of sp³-hybridized carbons (Fsp3) is 0.130. The Morgan fingerprint density at radius 2 is 1.79 bits per heavy atom. The topological polar surface area (TPSA) is 50.5 Å². The summed E-state index contributed by atoms with van der Waals surface area (Å²) in [6, 6.07) is 16.4. The van der Waals surface area contributed by atoms with Gasteiger partial charge >= 0.3 is 0 Å². The molecule has 1 aliphatic rings. The summed E-state index contributed by atoms with van der Waals surface area (Å²) >= 11 is 7.60. The number of thioether (sulfide) groups is 1. The maximum Gasteiger partial charge on any atom is 0.272 e. The van der Waals surface area contributed by atoms with Crippen LogP contribution in [0.3, 0.4) is 0 Å². The quantitative estimate of drug-likeness (QED) is 0.489. The molecule has 0 bridgehead atoms. The van der Waals surface area contributed by atoms with Gasteiger partial charge < -0.3 is 4.42 Å². The highest BCUT2D eigenvalue weighted by atomic mass is 35.5. The zero-order valence-electron chi connectivity index (χ0n) is 15.9. The molecule has 0 N–H and O–H groups in total. The third-order valence-corrected chi connectivity index (χ3v) is 6.14. The molecule has 1 aromatic heterocycles. The van der Waals surface area contributed by atoms with E-state index in [0.29, 0.717) is 26.9 Å². The molecule has 2 heterocycles. The minimum Gasteiger partial charge on any atom is -0.468 e. The molecule has 146 valence electrons. The first-order valence-corrected chi connectivity index (χ1v) is 10.4. The third kappa shape index (κ3) is 3.63. The number of benzene rings is 2. The van der Waals surface area contributed by atoms with Gasteiger partial charge in [0.2, 0.25) is 0 Å². The summed E-state index contributed by atoms with van der Waals surface area (Å²) in [5.74, 6) is 0.456. The second-order valence-electron chi connectivity index (χ2n) is 6.79. The van der Waals surface area contributed by atoms with Crippen molar-refractivity contribution < 1.29 is 14.0 Å². The molecule has 3 aromatic rings. The SMILES string of the molecule is Cc1ccc(C2=C(SCc3ccco3)C(=O)N(c3ccccc3Cl)C2=O)c(C)c1. The number of imide groups is 1. The molecule has 29 heavy (non-hydrogen) atoms. The number of rotatable bonds is 5. The van der Waals surface area contributed by atoms with E-state index in [0.717, 1.165) is 22.5 Å². The van der Waals surface area contributed by atoms with E-state index < -0.39 is 0 Å². The fourth-order valence-electron chi connectivity index (χ4n) is 3.37. The molecule has 2 amide bonds. The molecule has 0 saturated carbocycles. The lowest BCUT2D eigenvalue weighted by Gasteiger charge is -2.16. The van der Waals surface area contributed by atoms with Crippen molar-refractivity contribution in [1.29, 1.82) is 0 Å². The van der Waals surface area contributed by atoms with Crippen molar-refractivity contribution in [2.75, 3.05) is 4.90 Å². The average Bonchev–Trinajstić information content (AvgIpc) is 3.28. The van der Waals surface area contributed by atoms with Crippen LogP contribution in [0.2, 0.25) is 5.02 Å². The molecule has 4 rings (SSSR count). The van der Waals surface area contributed by atoms with Crippen molar-refractivity contribution in [3.05, 3.63) is 93.2 Å². The molecule has 1 aliphatic heterocycles. The van der Waals surface area contributed by atoms with Crippen LogP contribution < -0.4 is 4.90 Å². The van der Waals surface area contributed by atoms with Crippen molar-refractivity contribution >= 4 is 46.4 Å². The molecule has 0 atom stereocenters. The second kappa shape index (κ2) is 7.93. The molecular weight excluding hydrogens is 406 g/mol. The van der Waals surface area contributed by atoms with Gasteiger partial charge in [-0.2, -0.15) is 0 Å². The lowest BCUT2D eigenvalue weighted by molar-refractivity contribution is -0.119. The van der Waals surface area contributed by atoms with Crippen LogP contribution in [0.15, 0.2) is 70.2 Å². The first-order valence-electron chi connectivity index (χ1n) is 9.07. The molecule has 0 fully saturated rings. The van der Waals surface area contributed by atoms with Crippen molar-refractivity contribution in [2.24, 2.45) is 0 Å². The standard InChI is InChI=1S/C23H18ClNO3S/c1-14-9-10-17(15(2)12-14)20-21(29-13-16-6-5-11-28-16)23(27)25(22(20)26)19-8-4-3-7-18(19)24/h3-12H,13H2,1-2H3. The van der Waals surface area contributed by atoms with Gasteiger partial charge in [-0.15, -0.1) is 11.8 Å². The van der Waals surface area contributed by atoms with E-state index >= 15 is 0 Å². The summed E-state index contributed by atoms with van der Waals surface area (Å²) in [7, 11) is 0. The molecule has 0 spiro atoms. The largest absolute Gasteiger partial charge is 0.468 e. The van der Waals surface area contributed by atoms with Gasteiger partial charge in [0.25, 0.3) is 11.8 Å². The van der Waals surface area contributed by atoms with Crippen LogP contribution in [0.4, 0.5) is 5.69 Å². The first-order chi connectivity index (χ1) is 14.0. The Labute approximate surface area is 178 Å². The molecule has 2 aromatic carbocycles. The molecular formula is C23H18ClNO3S. The van der Waals surface area contributed by atoms with E-state index in [1.165, 1.54) is 16.7 Å². The number of amides is 2. The van der Waals surface area contributed by atoms with Crippen LogP contribution >= 0.6 is 23.4 Å². The number of hydrogen-bond acceptors (Lipinski definition) is 4. The number of furan rings is 1. The number of para-hydroxylation sites is 1. The number of carbonyl (C=O) groups is 2. The van der Waals surface area contributed by atoms with Crippen molar-refractivity contribution in [1.82, 2.24) is 0 Å². The molecule has 0 unspecified atom stereocenters. The van der Waals surface area contributed by atoms with E-state index in [1.807, 2.05) is 38.1 Å². The summed E-state index contributed by atoms with van der Waals surface area (Å²) < 4.78 is 5.39. The minimum atomic E-state index is -0.366. The van der Waals surface area contributed by atoms with E-state index in [4.69, 9.17) is 16.0 Å². The molecule has 0 aliphatic carbocycles. The highest BCUT2D eigenvalue weighted by molar-refractivity contribution is 8.03. The van der Waals surface area contributed by atoms with Crippen LogP contribution in [-0.2, 0) is 15.3 Å². The van der Waals surface area contributed by atoms with Gasteiger partial charge in [-0.3, -0.25) is 9.59 Å². The van der Waals surface area contributed by atoms with Crippen molar-refractivity contribution in [3.8, 4) is 0 Å². The van der Waals surface area contributed by atoms with Gasteiger partial charge in [0.05, 0.1) is 33.2 Å².